The molecule has 1 fully saturated rings. The van der Waals surface area contributed by atoms with Crippen molar-refractivity contribution in [2.24, 2.45) is 0 Å². The standard InChI is InChI=1S/C16H18N2O4S/c19-15(18-7-9-21-10-8-18)11-22-16(20)6-5-14-17-12-3-1-2-4-13(12)23-14/h1-4H,5-11H2. The number of carbonyl (C=O) groups is 2. The molecule has 1 aliphatic rings. The molecule has 0 bridgehead atoms. The molecule has 2 aromatic rings. The zero-order chi connectivity index (χ0) is 16.1. The first kappa shape index (κ1) is 15.9. The number of benzene rings is 1. The van der Waals surface area contributed by atoms with Crippen LogP contribution in [0.25, 0.3) is 10.2 Å². The predicted octanol–water partition coefficient (Wildman–Crippen LogP) is 1.63. The summed E-state index contributed by atoms with van der Waals surface area (Å²) < 4.78 is 11.3. The Labute approximate surface area is 138 Å². The summed E-state index contributed by atoms with van der Waals surface area (Å²) in [6.45, 7) is 2.00. The predicted molar refractivity (Wildman–Crippen MR) is 86.3 cm³/mol. The van der Waals surface area contributed by atoms with E-state index in [4.69, 9.17) is 9.47 Å². The van der Waals surface area contributed by atoms with Gasteiger partial charge in [0.2, 0.25) is 0 Å². The molecule has 6 nitrogen and oxygen atoms in total. The maximum atomic E-state index is 11.9. The molecule has 0 aliphatic carbocycles. The van der Waals surface area contributed by atoms with E-state index in [2.05, 4.69) is 4.98 Å². The summed E-state index contributed by atoms with van der Waals surface area (Å²) in [6, 6.07) is 7.87. The Hall–Kier alpha value is -1.99. The number of para-hydroxylation sites is 1. The van der Waals surface area contributed by atoms with Crippen LogP contribution in [0.15, 0.2) is 24.3 Å². The van der Waals surface area contributed by atoms with Gasteiger partial charge in [-0.05, 0) is 12.1 Å². The minimum Gasteiger partial charge on any atom is -0.456 e. The third kappa shape index (κ3) is 4.27. The summed E-state index contributed by atoms with van der Waals surface area (Å²) in [7, 11) is 0. The number of rotatable bonds is 5. The van der Waals surface area contributed by atoms with E-state index in [-0.39, 0.29) is 24.9 Å². The van der Waals surface area contributed by atoms with Crippen LogP contribution in [0.2, 0.25) is 0 Å². The molecule has 3 rings (SSSR count). The number of thiazole rings is 1. The molecular formula is C16H18N2O4S. The molecule has 0 N–H and O–H groups in total. The van der Waals surface area contributed by atoms with Crippen LogP contribution in [0.5, 0.6) is 0 Å². The highest BCUT2D eigenvalue weighted by atomic mass is 32.1. The van der Waals surface area contributed by atoms with Gasteiger partial charge in [-0.15, -0.1) is 11.3 Å². The number of aryl methyl sites for hydroxylation is 1. The monoisotopic (exact) mass is 334 g/mol. The van der Waals surface area contributed by atoms with Crippen LogP contribution in [0, 0.1) is 0 Å². The molecule has 23 heavy (non-hydrogen) atoms. The minimum atomic E-state index is -0.370. The van der Waals surface area contributed by atoms with E-state index in [1.165, 1.54) is 0 Å². The number of hydrogen-bond acceptors (Lipinski definition) is 6. The van der Waals surface area contributed by atoms with Gasteiger partial charge < -0.3 is 14.4 Å². The Morgan fingerprint density at radius 1 is 1.26 bits per heavy atom. The molecule has 1 aliphatic heterocycles. The zero-order valence-electron chi connectivity index (χ0n) is 12.7. The SMILES string of the molecule is O=C(CCc1nc2ccccc2s1)OCC(=O)N1CCOCC1. The lowest BCUT2D eigenvalue weighted by Gasteiger charge is -2.26. The first-order valence-electron chi connectivity index (χ1n) is 7.58. The van der Waals surface area contributed by atoms with Gasteiger partial charge in [0.15, 0.2) is 6.61 Å². The van der Waals surface area contributed by atoms with Gasteiger partial charge in [-0.2, -0.15) is 0 Å². The number of nitrogens with zero attached hydrogens (tertiary/aromatic N) is 2. The minimum absolute atomic E-state index is 0.165. The van der Waals surface area contributed by atoms with Crippen molar-refractivity contribution in [2.45, 2.75) is 12.8 Å². The fourth-order valence-electron chi connectivity index (χ4n) is 2.35. The normalized spacial score (nSPS) is 14.9. The molecule has 1 amide bonds. The fraction of sp³-hybridized carbons (Fsp3) is 0.438. The van der Waals surface area contributed by atoms with Gasteiger partial charge in [-0.1, -0.05) is 12.1 Å². The highest BCUT2D eigenvalue weighted by molar-refractivity contribution is 7.18. The summed E-state index contributed by atoms with van der Waals surface area (Å²) in [4.78, 5) is 29.8. The molecule has 1 aromatic heterocycles. The number of ether oxygens (including phenoxy) is 2. The third-order valence-electron chi connectivity index (χ3n) is 3.60. The van der Waals surface area contributed by atoms with Crippen LogP contribution in [-0.2, 0) is 25.5 Å². The topological polar surface area (TPSA) is 68.7 Å². The van der Waals surface area contributed by atoms with Crippen molar-refractivity contribution in [3.63, 3.8) is 0 Å². The smallest absolute Gasteiger partial charge is 0.306 e. The van der Waals surface area contributed by atoms with E-state index < -0.39 is 0 Å². The highest BCUT2D eigenvalue weighted by Gasteiger charge is 2.18. The van der Waals surface area contributed by atoms with E-state index in [0.717, 1.165) is 15.2 Å². The summed E-state index contributed by atoms with van der Waals surface area (Å²) in [6.07, 6.45) is 0.764. The number of hydrogen-bond donors (Lipinski definition) is 0. The Morgan fingerprint density at radius 2 is 2.04 bits per heavy atom. The second-order valence-electron chi connectivity index (χ2n) is 5.23. The van der Waals surface area contributed by atoms with E-state index in [0.29, 0.717) is 32.7 Å². The Morgan fingerprint density at radius 3 is 2.83 bits per heavy atom. The van der Waals surface area contributed by atoms with Gasteiger partial charge in [0.25, 0.3) is 5.91 Å². The van der Waals surface area contributed by atoms with Gasteiger partial charge in [-0.25, -0.2) is 4.98 Å². The van der Waals surface area contributed by atoms with Crippen molar-refractivity contribution in [1.82, 2.24) is 9.88 Å². The average Bonchev–Trinajstić information content (AvgIpc) is 3.01. The summed E-state index contributed by atoms with van der Waals surface area (Å²) in [5.74, 6) is -0.535. The molecule has 0 radical (unpaired) electrons. The first-order valence-corrected chi connectivity index (χ1v) is 8.39. The second kappa shape index (κ2) is 7.52. The van der Waals surface area contributed by atoms with E-state index in [1.807, 2.05) is 24.3 Å². The van der Waals surface area contributed by atoms with Gasteiger partial charge in [0.05, 0.1) is 34.9 Å². The summed E-state index contributed by atoms with van der Waals surface area (Å²) >= 11 is 1.58. The van der Waals surface area contributed by atoms with Crippen LogP contribution >= 0.6 is 11.3 Å². The Balaban J connectivity index is 1.43. The number of esters is 1. The highest BCUT2D eigenvalue weighted by Crippen LogP contribution is 2.22. The van der Waals surface area contributed by atoms with E-state index in [9.17, 15) is 9.59 Å². The molecule has 0 unspecified atom stereocenters. The van der Waals surface area contributed by atoms with Crippen molar-refractivity contribution in [3.8, 4) is 0 Å². The number of fused-ring (bicyclic) bond motifs is 1. The van der Waals surface area contributed by atoms with Gasteiger partial charge >= 0.3 is 5.97 Å². The molecular weight excluding hydrogens is 316 g/mol. The first-order chi connectivity index (χ1) is 11.2. The van der Waals surface area contributed by atoms with Crippen LogP contribution in [0.4, 0.5) is 0 Å². The number of morpholine rings is 1. The maximum absolute atomic E-state index is 11.9. The summed E-state index contributed by atoms with van der Waals surface area (Å²) in [5.41, 5.74) is 0.948. The molecule has 7 heteroatoms. The van der Waals surface area contributed by atoms with Gasteiger partial charge in [0, 0.05) is 19.5 Å². The Kier molecular flexibility index (Phi) is 5.19. The molecule has 1 saturated heterocycles. The number of amides is 1. The van der Waals surface area contributed by atoms with Crippen molar-refractivity contribution in [3.05, 3.63) is 29.3 Å². The molecule has 0 atom stereocenters. The average molecular weight is 334 g/mol. The van der Waals surface area contributed by atoms with E-state index >= 15 is 0 Å². The van der Waals surface area contributed by atoms with Crippen LogP contribution in [-0.4, -0.2) is 54.7 Å². The second-order valence-corrected chi connectivity index (χ2v) is 6.34. The van der Waals surface area contributed by atoms with Crippen LogP contribution < -0.4 is 0 Å². The molecule has 0 saturated carbocycles. The molecule has 0 spiro atoms. The quantitative estimate of drug-likeness (QED) is 0.778. The molecule has 2 heterocycles. The molecule has 122 valence electrons. The van der Waals surface area contributed by atoms with Crippen molar-refractivity contribution in [1.29, 1.82) is 0 Å². The number of carbonyl (C=O) groups excluding carboxylic acids is 2. The lowest BCUT2D eigenvalue weighted by atomic mass is 10.3. The fourth-order valence-corrected chi connectivity index (χ4v) is 3.32. The summed E-state index contributed by atoms with van der Waals surface area (Å²) in [5, 5.41) is 0.905. The van der Waals surface area contributed by atoms with Crippen molar-refractivity contribution in [2.75, 3.05) is 32.9 Å². The van der Waals surface area contributed by atoms with Gasteiger partial charge in [0.1, 0.15) is 0 Å². The maximum Gasteiger partial charge on any atom is 0.306 e. The number of aromatic nitrogens is 1. The van der Waals surface area contributed by atoms with Crippen molar-refractivity contribution >= 4 is 33.4 Å². The van der Waals surface area contributed by atoms with E-state index in [1.54, 1.807) is 16.2 Å². The lowest BCUT2D eigenvalue weighted by Crippen LogP contribution is -2.42. The zero-order valence-corrected chi connectivity index (χ0v) is 13.5. The molecule has 1 aromatic carbocycles. The lowest BCUT2D eigenvalue weighted by molar-refractivity contribution is -0.153. The van der Waals surface area contributed by atoms with Gasteiger partial charge in [-0.3, -0.25) is 9.59 Å². The van der Waals surface area contributed by atoms with Crippen LogP contribution in [0.1, 0.15) is 11.4 Å². The largest absolute Gasteiger partial charge is 0.456 e. The Bertz CT molecular complexity index is 661. The van der Waals surface area contributed by atoms with Crippen molar-refractivity contribution < 1.29 is 19.1 Å². The third-order valence-corrected chi connectivity index (χ3v) is 4.70. The van der Waals surface area contributed by atoms with Crippen LogP contribution in [0.3, 0.4) is 0 Å².